The molecule has 0 amide bonds. The van der Waals surface area contributed by atoms with Crippen LogP contribution in [0, 0.1) is 0 Å². The molecule has 29 heavy (non-hydrogen) atoms. The van der Waals surface area contributed by atoms with E-state index in [9.17, 15) is 0 Å². The van der Waals surface area contributed by atoms with Crippen LogP contribution in [0.2, 0.25) is 0 Å². The summed E-state index contributed by atoms with van der Waals surface area (Å²) in [7, 11) is 0. The molecule has 0 heterocycles. The van der Waals surface area contributed by atoms with Gasteiger partial charge in [-0.1, -0.05) is 113 Å². The summed E-state index contributed by atoms with van der Waals surface area (Å²) in [4.78, 5) is 0. The number of ether oxygens (including phenoxy) is 1. The Hall–Kier alpha value is -1.60. The Morgan fingerprint density at radius 1 is 0.655 bits per heavy atom. The molecule has 0 aliphatic heterocycles. The lowest BCUT2D eigenvalue weighted by atomic mass is 9.88. The highest BCUT2D eigenvalue weighted by atomic mass is 16.5. The van der Waals surface area contributed by atoms with Crippen LogP contribution >= 0.6 is 0 Å². The van der Waals surface area contributed by atoms with Gasteiger partial charge in [-0.3, -0.25) is 0 Å². The second-order valence-electron chi connectivity index (χ2n) is 8.50. The summed E-state index contributed by atoms with van der Waals surface area (Å²) < 4.78 is 6.91. The van der Waals surface area contributed by atoms with Gasteiger partial charge in [-0.25, -0.2) is 0 Å². The van der Waals surface area contributed by atoms with E-state index in [2.05, 4.69) is 86.8 Å². The third-order valence-corrected chi connectivity index (χ3v) is 5.75. The van der Waals surface area contributed by atoms with Gasteiger partial charge in [0, 0.05) is 12.8 Å². The third-order valence-electron chi connectivity index (χ3n) is 5.75. The van der Waals surface area contributed by atoms with Crippen molar-refractivity contribution >= 4 is 0 Å². The molecular weight excluding hydrogens is 352 g/mol. The molecular formula is C28H42O. The Labute approximate surface area is 180 Å². The standard InChI is InChI=1S/C28H42O/c1-3-5-7-9-11-15-21-27(23-17-13-18-24-27)29-28(25-19-14-20-26-28)22-16-12-10-8-6-4-2/h13-23,25H,3-12,24,26H2,1-2H3. The maximum atomic E-state index is 6.91. The molecule has 0 saturated heterocycles. The average Bonchev–Trinajstić information content (AvgIpc) is 2.74. The van der Waals surface area contributed by atoms with Crippen LogP contribution < -0.4 is 0 Å². The highest BCUT2D eigenvalue weighted by Crippen LogP contribution is 2.35. The van der Waals surface area contributed by atoms with Gasteiger partial charge in [0.25, 0.3) is 0 Å². The van der Waals surface area contributed by atoms with Gasteiger partial charge in [0.05, 0.1) is 0 Å². The van der Waals surface area contributed by atoms with Gasteiger partial charge in [0.1, 0.15) is 11.2 Å². The van der Waals surface area contributed by atoms with E-state index in [1.807, 2.05) is 0 Å². The average molecular weight is 395 g/mol. The lowest BCUT2D eigenvalue weighted by molar-refractivity contribution is -0.0535. The van der Waals surface area contributed by atoms with Crippen molar-refractivity contribution in [2.45, 2.75) is 102 Å². The van der Waals surface area contributed by atoms with Gasteiger partial charge in [0.15, 0.2) is 0 Å². The first-order valence-electron chi connectivity index (χ1n) is 12.0. The van der Waals surface area contributed by atoms with Crippen molar-refractivity contribution in [3.63, 3.8) is 0 Å². The smallest absolute Gasteiger partial charge is 0.110 e. The highest BCUT2D eigenvalue weighted by molar-refractivity contribution is 5.31. The fraction of sp³-hybridized carbons (Fsp3) is 0.571. The molecule has 0 radical (unpaired) electrons. The lowest BCUT2D eigenvalue weighted by Gasteiger charge is -2.39. The number of unbranched alkanes of at least 4 members (excludes halogenated alkanes) is 8. The van der Waals surface area contributed by atoms with E-state index in [1.165, 1.54) is 51.4 Å². The van der Waals surface area contributed by atoms with Gasteiger partial charge < -0.3 is 4.74 Å². The van der Waals surface area contributed by atoms with Crippen molar-refractivity contribution < 1.29 is 4.74 Å². The molecule has 0 aromatic rings. The summed E-state index contributed by atoms with van der Waals surface area (Å²) >= 11 is 0. The van der Waals surface area contributed by atoms with E-state index in [0.717, 1.165) is 25.7 Å². The third kappa shape index (κ3) is 8.74. The summed E-state index contributed by atoms with van der Waals surface area (Å²) in [6.45, 7) is 4.53. The Morgan fingerprint density at radius 2 is 1.14 bits per heavy atom. The minimum Gasteiger partial charge on any atom is -0.351 e. The van der Waals surface area contributed by atoms with Crippen LogP contribution in [0.15, 0.2) is 72.9 Å². The normalized spacial score (nSPS) is 26.3. The van der Waals surface area contributed by atoms with Crippen LogP contribution in [0.1, 0.15) is 90.9 Å². The fourth-order valence-corrected chi connectivity index (χ4v) is 4.00. The maximum absolute atomic E-state index is 6.91. The van der Waals surface area contributed by atoms with Crippen molar-refractivity contribution in [2.24, 2.45) is 0 Å². The van der Waals surface area contributed by atoms with Crippen molar-refractivity contribution in [2.75, 3.05) is 0 Å². The van der Waals surface area contributed by atoms with E-state index < -0.39 is 0 Å². The van der Waals surface area contributed by atoms with Gasteiger partial charge in [-0.15, -0.1) is 0 Å². The summed E-state index contributed by atoms with van der Waals surface area (Å²) in [5.41, 5.74) is -0.691. The predicted octanol–water partition coefficient (Wildman–Crippen LogP) is 8.57. The molecule has 0 aromatic carbocycles. The molecule has 160 valence electrons. The highest BCUT2D eigenvalue weighted by Gasteiger charge is 2.35. The molecule has 2 atom stereocenters. The molecule has 0 N–H and O–H groups in total. The summed E-state index contributed by atoms with van der Waals surface area (Å²) in [5, 5.41) is 0. The second-order valence-corrected chi connectivity index (χ2v) is 8.50. The van der Waals surface area contributed by atoms with Crippen LogP contribution in [0.5, 0.6) is 0 Å². The molecule has 2 aliphatic rings. The van der Waals surface area contributed by atoms with Gasteiger partial charge in [0.2, 0.25) is 0 Å². The van der Waals surface area contributed by atoms with E-state index in [4.69, 9.17) is 4.74 Å². The van der Waals surface area contributed by atoms with Crippen LogP contribution in [0.25, 0.3) is 0 Å². The first-order valence-corrected chi connectivity index (χ1v) is 12.0. The van der Waals surface area contributed by atoms with Gasteiger partial charge in [-0.05, 0) is 37.8 Å². The largest absolute Gasteiger partial charge is 0.351 e. The zero-order valence-electron chi connectivity index (χ0n) is 18.8. The molecule has 2 unspecified atom stereocenters. The van der Waals surface area contributed by atoms with Crippen molar-refractivity contribution in [1.29, 1.82) is 0 Å². The number of hydrogen-bond acceptors (Lipinski definition) is 1. The van der Waals surface area contributed by atoms with Crippen LogP contribution in [0.4, 0.5) is 0 Å². The lowest BCUT2D eigenvalue weighted by Crippen LogP contribution is -2.41. The number of hydrogen-bond donors (Lipinski definition) is 0. The van der Waals surface area contributed by atoms with Crippen LogP contribution in [-0.2, 0) is 4.74 Å². The van der Waals surface area contributed by atoms with Crippen molar-refractivity contribution in [1.82, 2.24) is 0 Å². The number of rotatable bonds is 14. The first kappa shape index (κ1) is 23.7. The molecule has 1 heteroatoms. The molecule has 0 saturated carbocycles. The monoisotopic (exact) mass is 394 g/mol. The van der Waals surface area contributed by atoms with E-state index in [-0.39, 0.29) is 11.2 Å². The predicted molar refractivity (Wildman–Crippen MR) is 128 cm³/mol. The maximum Gasteiger partial charge on any atom is 0.110 e. The Balaban J connectivity index is 2.04. The Bertz CT molecular complexity index is 564. The minimum absolute atomic E-state index is 0.346. The molecule has 1 nitrogen and oxygen atoms in total. The van der Waals surface area contributed by atoms with E-state index >= 15 is 0 Å². The summed E-state index contributed by atoms with van der Waals surface area (Å²) in [6.07, 6.45) is 41.2. The van der Waals surface area contributed by atoms with Gasteiger partial charge in [-0.2, -0.15) is 0 Å². The fourth-order valence-electron chi connectivity index (χ4n) is 4.00. The van der Waals surface area contributed by atoms with E-state index in [1.54, 1.807) is 0 Å². The minimum atomic E-state index is -0.346. The quantitative estimate of drug-likeness (QED) is 0.212. The zero-order chi connectivity index (χ0) is 20.7. The Morgan fingerprint density at radius 3 is 1.52 bits per heavy atom. The van der Waals surface area contributed by atoms with Crippen molar-refractivity contribution in [3.8, 4) is 0 Å². The van der Waals surface area contributed by atoms with Crippen LogP contribution in [0.3, 0.4) is 0 Å². The molecule has 0 fully saturated rings. The SMILES string of the molecule is CCCCCCC=CC1(OC2(C=CCCCCCC)C=CC=CC2)C=CC=CC1. The van der Waals surface area contributed by atoms with Gasteiger partial charge >= 0.3 is 0 Å². The molecule has 0 spiro atoms. The summed E-state index contributed by atoms with van der Waals surface area (Å²) in [6, 6.07) is 0. The second kappa shape index (κ2) is 13.6. The Kier molecular flexibility index (Phi) is 11.1. The summed E-state index contributed by atoms with van der Waals surface area (Å²) in [5.74, 6) is 0. The molecule has 0 aromatic heterocycles. The number of allylic oxidation sites excluding steroid dienone is 6. The topological polar surface area (TPSA) is 9.23 Å². The first-order chi connectivity index (χ1) is 14.2. The molecule has 0 bridgehead atoms. The molecule has 2 rings (SSSR count). The molecule has 2 aliphatic carbocycles. The van der Waals surface area contributed by atoms with E-state index in [0.29, 0.717) is 0 Å². The van der Waals surface area contributed by atoms with Crippen LogP contribution in [-0.4, -0.2) is 11.2 Å². The zero-order valence-corrected chi connectivity index (χ0v) is 18.8. The van der Waals surface area contributed by atoms with Crippen molar-refractivity contribution in [3.05, 3.63) is 72.9 Å².